The van der Waals surface area contributed by atoms with E-state index in [1.54, 1.807) is 30.9 Å². The standard InChI is InChI=1S/C9H11N3O2/c1-10-5-4-6-7(10)8(13)12(3)9(14)11(6)2/h4-5H,1-3H3. The van der Waals surface area contributed by atoms with Crippen LogP contribution in [0.25, 0.3) is 11.0 Å². The summed E-state index contributed by atoms with van der Waals surface area (Å²) in [5.74, 6) is 0. The number of aryl methyl sites for hydroxylation is 2. The van der Waals surface area contributed by atoms with Gasteiger partial charge in [-0.3, -0.25) is 13.9 Å². The number of hydrogen-bond acceptors (Lipinski definition) is 2. The highest BCUT2D eigenvalue weighted by Crippen LogP contribution is 2.06. The molecule has 2 heterocycles. The van der Waals surface area contributed by atoms with Gasteiger partial charge < -0.3 is 4.57 Å². The summed E-state index contributed by atoms with van der Waals surface area (Å²) in [7, 11) is 4.93. The number of hydrogen-bond donors (Lipinski definition) is 0. The van der Waals surface area contributed by atoms with Gasteiger partial charge in [0.15, 0.2) is 0 Å². The summed E-state index contributed by atoms with van der Waals surface area (Å²) in [6.45, 7) is 0. The summed E-state index contributed by atoms with van der Waals surface area (Å²) in [6.07, 6.45) is 1.77. The third-order valence-electron chi connectivity index (χ3n) is 2.49. The molecule has 0 atom stereocenters. The highest BCUT2D eigenvalue weighted by Gasteiger charge is 2.10. The minimum Gasteiger partial charge on any atom is -0.345 e. The molecule has 0 unspecified atom stereocenters. The lowest BCUT2D eigenvalue weighted by Crippen LogP contribution is -2.37. The predicted molar refractivity (Wildman–Crippen MR) is 53.4 cm³/mol. The Kier molecular flexibility index (Phi) is 1.64. The molecule has 0 N–H and O–H groups in total. The SMILES string of the molecule is Cn1c(=O)c2c(ccn2C)n(C)c1=O. The largest absolute Gasteiger partial charge is 0.345 e. The Morgan fingerprint density at radius 1 is 1.07 bits per heavy atom. The summed E-state index contributed by atoms with van der Waals surface area (Å²) in [6, 6.07) is 1.76. The Morgan fingerprint density at radius 3 is 2.36 bits per heavy atom. The van der Waals surface area contributed by atoms with Gasteiger partial charge >= 0.3 is 5.69 Å². The lowest BCUT2D eigenvalue weighted by atomic mass is 10.4. The third kappa shape index (κ3) is 0.891. The van der Waals surface area contributed by atoms with Crippen molar-refractivity contribution in [3.63, 3.8) is 0 Å². The van der Waals surface area contributed by atoms with Crippen molar-refractivity contribution < 1.29 is 0 Å². The minimum atomic E-state index is -0.297. The molecule has 0 saturated carbocycles. The van der Waals surface area contributed by atoms with E-state index in [0.717, 1.165) is 4.57 Å². The van der Waals surface area contributed by atoms with Gasteiger partial charge in [-0.15, -0.1) is 0 Å². The Balaban J connectivity index is 3.22. The molecule has 0 aromatic carbocycles. The Bertz CT molecular complexity index is 615. The van der Waals surface area contributed by atoms with Crippen LogP contribution in [0.1, 0.15) is 0 Å². The molecule has 0 saturated heterocycles. The van der Waals surface area contributed by atoms with Crippen LogP contribution in [0.3, 0.4) is 0 Å². The van der Waals surface area contributed by atoms with Crippen LogP contribution in [0.2, 0.25) is 0 Å². The van der Waals surface area contributed by atoms with Crippen molar-refractivity contribution in [2.24, 2.45) is 21.1 Å². The number of fused-ring (bicyclic) bond motifs is 1. The van der Waals surface area contributed by atoms with Crippen molar-refractivity contribution in [3.05, 3.63) is 33.1 Å². The highest BCUT2D eigenvalue weighted by atomic mass is 16.2. The van der Waals surface area contributed by atoms with Crippen molar-refractivity contribution in [1.29, 1.82) is 0 Å². The van der Waals surface area contributed by atoms with E-state index in [2.05, 4.69) is 0 Å². The lowest BCUT2D eigenvalue weighted by Gasteiger charge is -2.04. The van der Waals surface area contributed by atoms with Crippen LogP contribution in [-0.4, -0.2) is 13.7 Å². The van der Waals surface area contributed by atoms with Crippen molar-refractivity contribution in [3.8, 4) is 0 Å². The highest BCUT2D eigenvalue weighted by molar-refractivity contribution is 5.74. The summed E-state index contributed by atoms with van der Waals surface area (Å²) in [5.41, 5.74) is 0.666. The van der Waals surface area contributed by atoms with Crippen molar-refractivity contribution >= 4 is 11.0 Å². The zero-order valence-electron chi connectivity index (χ0n) is 8.31. The van der Waals surface area contributed by atoms with E-state index in [-0.39, 0.29) is 11.2 Å². The van der Waals surface area contributed by atoms with Gasteiger partial charge in [0, 0.05) is 27.3 Å². The fourth-order valence-electron chi connectivity index (χ4n) is 1.62. The summed E-state index contributed by atoms with van der Waals surface area (Å²) in [4.78, 5) is 23.2. The maximum atomic E-state index is 11.7. The van der Waals surface area contributed by atoms with E-state index in [4.69, 9.17) is 0 Å². The zero-order valence-corrected chi connectivity index (χ0v) is 8.31. The first-order valence-electron chi connectivity index (χ1n) is 4.25. The second-order valence-corrected chi connectivity index (χ2v) is 3.37. The molecular formula is C9H11N3O2. The van der Waals surface area contributed by atoms with Crippen LogP contribution in [0, 0.1) is 0 Å². The quantitative estimate of drug-likeness (QED) is 0.570. The molecule has 74 valence electrons. The molecule has 0 radical (unpaired) electrons. The summed E-state index contributed by atoms with van der Waals surface area (Å²) >= 11 is 0. The molecule has 5 heteroatoms. The topological polar surface area (TPSA) is 48.9 Å². The van der Waals surface area contributed by atoms with E-state index in [9.17, 15) is 9.59 Å². The fourth-order valence-corrected chi connectivity index (χ4v) is 1.62. The molecule has 0 aliphatic rings. The summed E-state index contributed by atoms with van der Waals surface area (Å²) in [5, 5.41) is 0. The predicted octanol–water partition coefficient (Wildman–Crippen LogP) is -0.424. The molecule has 0 bridgehead atoms. The fraction of sp³-hybridized carbons (Fsp3) is 0.333. The molecule has 5 nitrogen and oxygen atoms in total. The van der Waals surface area contributed by atoms with Crippen LogP contribution in [-0.2, 0) is 21.1 Å². The molecule has 0 amide bonds. The summed E-state index contributed by atoms with van der Waals surface area (Å²) < 4.78 is 4.30. The number of rotatable bonds is 0. The Labute approximate surface area is 79.8 Å². The van der Waals surface area contributed by atoms with Gasteiger partial charge in [0.05, 0.1) is 5.52 Å². The van der Waals surface area contributed by atoms with Crippen molar-refractivity contribution in [1.82, 2.24) is 13.7 Å². The normalized spacial score (nSPS) is 11.1. The van der Waals surface area contributed by atoms with Gasteiger partial charge in [-0.2, -0.15) is 0 Å². The van der Waals surface area contributed by atoms with E-state index < -0.39 is 0 Å². The Hall–Kier alpha value is -1.78. The maximum absolute atomic E-state index is 11.7. The van der Waals surface area contributed by atoms with Gasteiger partial charge in [0.2, 0.25) is 0 Å². The molecule has 2 aromatic heterocycles. The molecule has 0 fully saturated rings. The monoisotopic (exact) mass is 193 g/mol. The third-order valence-corrected chi connectivity index (χ3v) is 2.49. The van der Waals surface area contributed by atoms with Gasteiger partial charge in [-0.25, -0.2) is 4.79 Å². The van der Waals surface area contributed by atoms with Gasteiger partial charge in [-0.1, -0.05) is 0 Å². The van der Waals surface area contributed by atoms with E-state index in [1.165, 1.54) is 11.6 Å². The van der Waals surface area contributed by atoms with Gasteiger partial charge in [-0.05, 0) is 6.07 Å². The second-order valence-electron chi connectivity index (χ2n) is 3.37. The average Bonchev–Trinajstić information content (AvgIpc) is 2.54. The van der Waals surface area contributed by atoms with Crippen LogP contribution in [0.4, 0.5) is 0 Å². The van der Waals surface area contributed by atoms with E-state index in [0.29, 0.717) is 11.0 Å². The number of nitrogens with zero attached hydrogens (tertiary/aromatic N) is 3. The first-order valence-corrected chi connectivity index (χ1v) is 4.25. The molecule has 0 aliphatic carbocycles. The Morgan fingerprint density at radius 2 is 1.71 bits per heavy atom. The van der Waals surface area contributed by atoms with Crippen LogP contribution in [0.5, 0.6) is 0 Å². The van der Waals surface area contributed by atoms with E-state index >= 15 is 0 Å². The first-order chi connectivity index (χ1) is 6.54. The smallest absolute Gasteiger partial charge is 0.331 e. The molecule has 14 heavy (non-hydrogen) atoms. The van der Waals surface area contributed by atoms with Crippen LogP contribution in [0.15, 0.2) is 21.9 Å². The molecule has 2 rings (SSSR count). The zero-order chi connectivity index (χ0) is 10.5. The van der Waals surface area contributed by atoms with Crippen molar-refractivity contribution in [2.45, 2.75) is 0 Å². The lowest BCUT2D eigenvalue weighted by molar-refractivity contribution is 0.708. The second kappa shape index (κ2) is 2.60. The molecule has 0 aliphatic heterocycles. The molecular weight excluding hydrogens is 182 g/mol. The van der Waals surface area contributed by atoms with Crippen LogP contribution < -0.4 is 11.2 Å². The molecule has 2 aromatic rings. The van der Waals surface area contributed by atoms with Gasteiger partial charge in [0.1, 0.15) is 5.52 Å². The van der Waals surface area contributed by atoms with E-state index in [1.807, 2.05) is 0 Å². The maximum Gasteiger partial charge on any atom is 0.331 e. The number of aromatic nitrogens is 3. The minimum absolute atomic E-state index is 0.254. The van der Waals surface area contributed by atoms with Crippen molar-refractivity contribution in [2.75, 3.05) is 0 Å². The van der Waals surface area contributed by atoms with Gasteiger partial charge in [0.25, 0.3) is 5.56 Å². The molecule has 0 spiro atoms. The van der Waals surface area contributed by atoms with Crippen LogP contribution >= 0.6 is 0 Å². The first kappa shape index (κ1) is 8.80. The average molecular weight is 193 g/mol.